The second-order valence-corrected chi connectivity index (χ2v) is 6.05. The van der Waals surface area contributed by atoms with E-state index in [2.05, 4.69) is 12.2 Å². The van der Waals surface area contributed by atoms with Crippen LogP contribution in [0.5, 0.6) is 0 Å². The third-order valence-electron chi connectivity index (χ3n) is 3.22. The molecular weight excluding hydrogens is 336 g/mol. The van der Waals surface area contributed by atoms with Crippen LogP contribution in [0.2, 0.25) is 20.1 Å². The van der Waals surface area contributed by atoms with E-state index in [4.69, 9.17) is 46.4 Å². The second-order valence-electron chi connectivity index (χ2n) is 4.48. The fourth-order valence-corrected chi connectivity index (χ4v) is 3.09. The number of hydrogen-bond donors (Lipinski definition) is 1. The summed E-state index contributed by atoms with van der Waals surface area (Å²) >= 11 is 24.6. The molecule has 0 amide bonds. The standard InChI is InChI=1S/C15H13Cl4N/c1-8(20-2)9-4-3-5-10(6-9)13-11(16)7-12(17)14(18)15(13)19/h3-8,20H,1-2H3. The Morgan fingerprint density at radius 3 is 2.30 bits per heavy atom. The predicted octanol–water partition coefficient (Wildman–Crippen LogP) is 6.25. The van der Waals surface area contributed by atoms with Crippen LogP contribution in [0.1, 0.15) is 18.5 Å². The molecule has 2 aromatic rings. The van der Waals surface area contributed by atoms with Gasteiger partial charge < -0.3 is 5.32 Å². The van der Waals surface area contributed by atoms with Gasteiger partial charge in [0.25, 0.3) is 0 Å². The Balaban J connectivity index is 2.60. The quantitative estimate of drug-likeness (QED) is 0.510. The van der Waals surface area contributed by atoms with E-state index in [0.29, 0.717) is 25.7 Å². The van der Waals surface area contributed by atoms with Gasteiger partial charge in [0, 0.05) is 11.6 Å². The van der Waals surface area contributed by atoms with Crippen molar-refractivity contribution in [1.29, 1.82) is 0 Å². The molecule has 0 radical (unpaired) electrons. The Labute approximate surface area is 138 Å². The zero-order valence-corrected chi connectivity index (χ0v) is 14.0. The molecule has 0 aromatic heterocycles. The van der Waals surface area contributed by atoms with E-state index in [-0.39, 0.29) is 6.04 Å². The van der Waals surface area contributed by atoms with Crippen molar-refractivity contribution in [2.75, 3.05) is 7.05 Å². The summed E-state index contributed by atoms with van der Waals surface area (Å²) in [6.45, 7) is 2.08. The minimum atomic E-state index is 0.232. The fourth-order valence-electron chi connectivity index (χ4n) is 1.96. The van der Waals surface area contributed by atoms with Gasteiger partial charge in [-0.05, 0) is 37.2 Å². The van der Waals surface area contributed by atoms with Gasteiger partial charge >= 0.3 is 0 Å². The molecule has 0 saturated carbocycles. The van der Waals surface area contributed by atoms with Crippen molar-refractivity contribution in [3.8, 4) is 11.1 Å². The smallest absolute Gasteiger partial charge is 0.0785 e. The van der Waals surface area contributed by atoms with Gasteiger partial charge in [0.2, 0.25) is 0 Å². The first-order valence-electron chi connectivity index (χ1n) is 6.06. The molecule has 2 rings (SSSR count). The summed E-state index contributed by atoms with van der Waals surface area (Å²) in [6.07, 6.45) is 0. The summed E-state index contributed by atoms with van der Waals surface area (Å²) in [5.74, 6) is 0. The topological polar surface area (TPSA) is 12.0 Å². The summed E-state index contributed by atoms with van der Waals surface area (Å²) in [4.78, 5) is 0. The van der Waals surface area contributed by atoms with Gasteiger partial charge in [0.15, 0.2) is 0 Å². The molecule has 0 aliphatic rings. The zero-order valence-electron chi connectivity index (χ0n) is 11.0. The first kappa shape index (κ1) is 15.9. The molecule has 0 saturated heterocycles. The second kappa shape index (κ2) is 6.55. The van der Waals surface area contributed by atoms with Crippen LogP contribution in [0, 0.1) is 0 Å². The minimum Gasteiger partial charge on any atom is -0.313 e. The predicted molar refractivity (Wildman–Crippen MR) is 89.4 cm³/mol. The molecule has 0 fully saturated rings. The number of nitrogens with one attached hydrogen (secondary N) is 1. The first-order valence-corrected chi connectivity index (χ1v) is 7.57. The fraction of sp³-hybridized carbons (Fsp3) is 0.200. The van der Waals surface area contributed by atoms with Gasteiger partial charge in [0.1, 0.15) is 0 Å². The van der Waals surface area contributed by atoms with Crippen molar-refractivity contribution in [3.63, 3.8) is 0 Å². The van der Waals surface area contributed by atoms with Crippen molar-refractivity contribution in [2.24, 2.45) is 0 Å². The van der Waals surface area contributed by atoms with Gasteiger partial charge in [-0.2, -0.15) is 0 Å². The molecule has 106 valence electrons. The third kappa shape index (κ3) is 3.08. The van der Waals surface area contributed by atoms with Crippen molar-refractivity contribution in [3.05, 3.63) is 56.0 Å². The van der Waals surface area contributed by atoms with Crippen LogP contribution in [0.3, 0.4) is 0 Å². The van der Waals surface area contributed by atoms with E-state index in [0.717, 1.165) is 11.1 Å². The molecular formula is C15H13Cl4N. The van der Waals surface area contributed by atoms with Gasteiger partial charge in [-0.3, -0.25) is 0 Å². The van der Waals surface area contributed by atoms with Gasteiger partial charge in [0.05, 0.1) is 20.1 Å². The Morgan fingerprint density at radius 2 is 1.65 bits per heavy atom. The molecule has 0 aliphatic carbocycles. The molecule has 1 N–H and O–H groups in total. The van der Waals surface area contributed by atoms with Crippen LogP contribution >= 0.6 is 46.4 Å². The van der Waals surface area contributed by atoms with Gasteiger partial charge in [-0.1, -0.05) is 64.6 Å². The third-order valence-corrected chi connectivity index (χ3v) is 4.78. The van der Waals surface area contributed by atoms with Crippen LogP contribution in [-0.2, 0) is 0 Å². The van der Waals surface area contributed by atoms with Crippen molar-refractivity contribution >= 4 is 46.4 Å². The first-order chi connectivity index (χ1) is 9.45. The molecule has 0 spiro atoms. The molecule has 0 aliphatic heterocycles. The average Bonchev–Trinajstić information content (AvgIpc) is 2.44. The maximum absolute atomic E-state index is 6.29. The average molecular weight is 349 g/mol. The molecule has 1 nitrogen and oxygen atoms in total. The SMILES string of the molecule is CNC(C)c1cccc(-c2c(Cl)cc(Cl)c(Cl)c2Cl)c1. The molecule has 5 heteroatoms. The van der Waals surface area contributed by atoms with Gasteiger partial charge in [-0.25, -0.2) is 0 Å². The molecule has 1 atom stereocenters. The Morgan fingerprint density at radius 1 is 0.950 bits per heavy atom. The largest absolute Gasteiger partial charge is 0.313 e. The van der Waals surface area contributed by atoms with Crippen LogP contribution in [0.4, 0.5) is 0 Å². The number of halogens is 4. The van der Waals surface area contributed by atoms with Crippen LogP contribution in [-0.4, -0.2) is 7.05 Å². The van der Waals surface area contributed by atoms with E-state index in [9.17, 15) is 0 Å². The van der Waals surface area contributed by atoms with Gasteiger partial charge in [-0.15, -0.1) is 0 Å². The lowest BCUT2D eigenvalue weighted by Gasteiger charge is -2.14. The van der Waals surface area contributed by atoms with E-state index in [1.807, 2.05) is 31.3 Å². The van der Waals surface area contributed by atoms with Crippen LogP contribution in [0.25, 0.3) is 11.1 Å². The zero-order chi connectivity index (χ0) is 14.9. The highest BCUT2D eigenvalue weighted by molar-refractivity contribution is 6.51. The number of hydrogen-bond acceptors (Lipinski definition) is 1. The summed E-state index contributed by atoms with van der Waals surface area (Å²) in [7, 11) is 1.91. The monoisotopic (exact) mass is 347 g/mol. The lowest BCUT2D eigenvalue weighted by molar-refractivity contribution is 0.652. The van der Waals surface area contributed by atoms with E-state index < -0.39 is 0 Å². The van der Waals surface area contributed by atoms with Crippen molar-refractivity contribution in [1.82, 2.24) is 5.32 Å². The molecule has 2 aromatic carbocycles. The number of benzene rings is 2. The maximum Gasteiger partial charge on any atom is 0.0785 e. The lowest BCUT2D eigenvalue weighted by atomic mass is 10.00. The molecule has 0 heterocycles. The normalized spacial score (nSPS) is 12.5. The number of rotatable bonds is 3. The van der Waals surface area contributed by atoms with Crippen molar-refractivity contribution in [2.45, 2.75) is 13.0 Å². The summed E-state index contributed by atoms with van der Waals surface area (Å²) in [6, 6.07) is 9.84. The van der Waals surface area contributed by atoms with E-state index in [1.54, 1.807) is 6.07 Å². The van der Waals surface area contributed by atoms with E-state index in [1.165, 1.54) is 0 Å². The summed E-state index contributed by atoms with van der Waals surface area (Å²) in [5, 5.41) is 4.73. The summed E-state index contributed by atoms with van der Waals surface area (Å²) in [5.41, 5.74) is 2.76. The van der Waals surface area contributed by atoms with Crippen molar-refractivity contribution < 1.29 is 0 Å². The Bertz CT molecular complexity index is 640. The summed E-state index contributed by atoms with van der Waals surface area (Å²) < 4.78 is 0. The Hall–Kier alpha value is -0.440. The maximum atomic E-state index is 6.29. The lowest BCUT2D eigenvalue weighted by Crippen LogP contribution is -2.12. The molecule has 20 heavy (non-hydrogen) atoms. The van der Waals surface area contributed by atoms with Crippen LogP contribution < -0.4 is 5.32 Å². The van der Waals surface area contributed by atoms with Crippen LogP contribution in [0.15, 0.2) is 30.3 Å². The highest BCUT2D eigenvalue weighted by atomic mass is 35.5. The van der Waals surface area contributed by atoms with E-state index >= 15 is 0 Å². The minimum absolute atomic E-state index is 0.232. The molecule has 1 unspecified atom stereocenters. The highest BCUT2D eigenvalue weighted by Crippen LogP contribution is 2.43. The molecule has 0 bridgehead atoms. The highest BCUT2D eigenvalue weighted by Gasteiger charge is 2.16. The Kier molecular flexibility index (Phi) is 5.22.